The van der Waals surface area contributed by atoms with Crippen molar-refractivity contribution in [2.45, 2.75) is 25.6 Å². The largest absolute Gasteiger partial charge is 0.235 e. The molecule has 0 fully saturated rings. The van der Waals surface area contributed by atoms with Crippen LogP contribution in [0.1, 0.15) is 20.3 Å². The van der Waals surface area contributed by atoms with Crippen molar-refractivity contribution in [2.24, 2.45) is 5.92 Å². The number of alkyl halides is 1. The third kappa shape index (κ3) is 2.53. The molecule has 49 valence electrons. The van der Waals surface area contributed by atoms with Crippen molar-refractivity contribution in [3.05, 3.63) is 0 Å². The molecule has 0 spiro atoms. The van der Waals surface area contributed by atoms with E-state index in [0.717, 1.165) is 6.42 Å². The highest BCUT2D eigenvalue weighted by atomic mass is 35.5. The average Bonchev–Trinajstić information content (AvgIpc) is 1.84. The molecule has 0 rings (SSSR count). The molecule has 0 aromatic rings. The van der Waals surface area contributed by atoms with Gasteiger partial charge in [0.15, 0.2) is 0 Å². The summed E-state index contributed by atoms with van der Waals surface area (Å²) >= 11 is 5.60. The van der Waals surface area contributed by atoms with Gasteiger partial charge in [0.25, 0.3) is 0 Å². The SMILES string of the molecule is CCC(C)C(Cl)C[O]. The van der Waals surface area contributed by atoms with Crippen molar-refractivity contribution in [2.75, 3.05) is 6.61 Å². The molecule has 1 radical (unpaired) electrons. The molecule has 0 N–H and O–H groups in total. The standard InChI is InChI=1S/C6H12ClO/c1-3-5(2)6(7)4-8/h5-6H,3-4H2,1-2H3. The molecule has 2 unspecified atom stereocenters. The normalized spacial score (nSPS) is 18.0. The lowest BCUT2D eigenvalue weighted by Gasteiger charge is -2.10. The van der Waals surface area contributed by atoms with Crippen LogP contribution in [0.4, 0.5) is 0 Å². The van der Waals surface area contributed by atoms with Gasteiger partial charge in [0.2, 0.25) is 0 Å². The Bertz CT molecular complexity index is 48.5. The van der Waals surface area contributed by atoms with Crippen molar-refractivity contribution in [3.8, 4) is 0 Å². The third-order valence-corrected chi connectivity index (χ3v) is 1.98. The lowest BCUT2D eigenvalue weighted by molar-refractivity contribution is 0.176. The summed E-state index contributed by atoms with van der Waals surface area (Å²) in [4.78, 5) is 0. The minimum absolute atomic E-state index is 0.156. The Kier molecular flexibility index (Phi) is 4.29. The van der Waals surface area contributed by atoms with Crippen LogP contribution in [-0.2, 0) is 5.11 Å². The summed E-state index contributed by atoms with van der Waals surface area (Å²) in [6.45, 7) is 3.88. The van der Waals surface area contributed by atoms with E-state index in [2.05, 4.69) is 0 Å². The third-order valence-electron chi connectivity index (χ3n) is 1.42. The van der Waals surface area contributed by atoms with Crippen LogP contribution in [0.15, 0.2) is 0 Å². The second-order valence-corrected chi connectivity index (χ2v) is 2.63. The molecule has 0 aliphatic carbocycles. The van der Waals surface area contributed by atoms with Gasteiger partial charge in [-0.1, -0.05) is 20.3 Å². The number of hydrogen-bond acceptors (Lipinski definition) is 0. The van der Waals surface area contributed by atoms with E-state index in [9.17, 15) is 5.11 Å². The van der Waals surface area contributed by atoms with Crippen LogP contribution < -0.4 is 0 Å². The zero-order chi connectivity index (χ0) is 6.57. The second kappa shape index (κ2) is 4.16. The molecule has 2 atom stereocenters. The fourth-order valence-corrected chi connectivity index (χ4v) is 0.598. The predicted molar refractivity (Wildman–Crippen MR) is 34.6 cm³/mol. The molecular weight excluding hydrogens is 124 g/mol. The van der Waals surface area contributed by atoms with E-state index < -0.39 is 0 Å². The van der Waals surface area contributed by atoms with E-state index in [4.69, 9.17) is 11.6 Å². The molecule has 8 heavy (non-hydrogen) atoms. The molecule has 0 saturated carbocycles. The predicted octanol–water partition coefficient (Wildman–Crippen LogP) is 2.07. The van der Waals surface area contributed by atoms with Crippen molar-refractivity contribution in [1.82, 2.24) is 0 Å². The molecule has 0 aliphatic rings. The molecule has 0 amide bonds. The average molecular weight is 136 g/mol. The van der Waals surface area contributed by atoms with E-state index in [1.54, 1.807) is 0 Å². The number of rotatable bonds is 3. The Morgan fingerprint density at radius 3 is 2.25 bits per heavy atom. The van der Waals surface area contributed by atoms with Gasteiger partial charge in [-0.05, 0) is 5.92 Å². The Morgan fingerprint density at radius 2 is 2.12 bits per heavy atom. The summed E-state index contributed by atoms with van der Waals surface area (Å²) < 4.78 is 0. The maximum Gasteiger partial charge on any atom is 0.0988 e. The first-order chi connectivity index (χ1) is 3.72. The van der Waals surface area contributed by atoms with Gasteiger partial charge < -0.3 is 0 Å². The Labute approximate surface area is 55.7 Å². The first-order valence-corrected chi connectivity index (χ1v) is 3.38. The molecule has 0 aromatic heterocycles. The topological polar surface area (TPSA) is 19.9 Å². The molecule has 1 nitrogen and oxygen atoms in total. The van der Waals surface area contributed by atoms with E-state index in [-0.39, 0.29) is 12.0 Å². The van der Waals surface area contributed by atoms with Gasteiger partial charge in [-0.15, -0.1) is 11.6 Å². The molecule has 0 bridgehead atoms. The minimum atomic E-state index is -0.167. The molecule has 2 heteroatoms. The fraction of sp³-hybridized carbons (Fsp3) is 1.00. The van der Waals surface area contributed by atoms with Crippen LogP contribution in [-0.4, -0.2) is 12.0 Å². The van der Waals surface area contributed by atoms with Crippen LogP contribution >= 0.6 is 11.6 Å². The summed E-state index contributed by atoms with van der Waals surface area (Å²) in [5, 5.41) is 9.93. The van der Waals surface area contributed by atoms with Crippen LogP contribution in [0.25, 0.3) is 0 Å². The van der Waals surface area contributed by atoms with E-state index >= 15 is 0 Å². The molecular formula is C6H12ClO. The summed E-state index contributed by atoms with van der Waals surface area (Å²) in [5.41, 5.74) is 0. The van der Waals surface area contributed by atoms with Crippen molar-refractivity contribution in [1.29, 1.82) is 0 Å². The van der Waals surface area contributed by atoms with Crippen LogP contribution in [0.5, 0.6) is 0 Å². The fourth-order valence-electron chi connectivity index (χ4n) is 0.420. The van der Waals surface area contributed by atoms with Gasteiger partial charge >= 0.3 is 0 Å². The Balaban J connectivity index is 3.29. The van der Waals surface area contributed by atoms with E-state index in [0.29, 0.717) is 5.92 Å². The quantitative estimate of drug-likeness (QED) is 0.528. The Hall–Kier alpha value is 0.250. The van der Waals surface area contributed by atoms with Crippen LogP contribution in [0, 0.1) is 5.92 Å². The molecule has 0 aromatic carbocycles. The van der Waals surface area contributed by atoms with Gasteiger partial charge in [0, 0.05) is 0 Å². The van der Waals surface area contributed by atoms with Gasteiger partial charge in [-0.3, -0.25) is 0 Å². The minimum Gasteiger partial charge on any atom is -0.235 e. The molecule has 0 saturated heterocycles. The first-order valence-electron chi connectivity index (χ1n) is 2.94. The Morgan fingerprint density at radius 1 is 1.62 bits per heavy atom. The highest BCUT2D eigenvalue weighted by Gasteiger charge is 2.10. The van der Waals surface area contributed by atoms with Crippen molar-refractivity contribution < 1.29 is 5.11 Å². The summed E-state index contributed by atoms with van der Waals surface area (Å²) in [5.74, 6) is 0.370. The van der Waals surface area contributed by atoms with Crippen LogP contribution in [0.2, 0.25) is 0 Å². The van der Waals surface area contributed by atoms with Crippen LogP contribution in [0.3, 0.4) is 0 Å². The summed E-state index contributed by atoms with van der Waals surface area (Å²) in [6.07, 6.45) is 0.996. The van der Waals surface area contributed by atoms with Gasteiger partial charge in [0.05, 0.1) is 12.0 Å². The highest BCUT2D eigenvalue weighted by molar-refractivity contribution is 6.20. The second-order valence-electron chi connectivity index (χ2n) is 2.07. The van der Waals surface area contributed by atoms with Crippen molar-refractivity contribution >= 4 is 11.6 Å². The maximum absolute atomic E-state index is 10.1. The lowest BCUT2D eigenvalue weighted by Crippen LogP contribution is -2.13. The van der Waals surface area contributed by atoms with E-state index in [1.807, 2.05) is 13.8 Å². The highest BCUT2D eigenvalue weighted by Crippen LogP contribution is 2.12. The van der Waals surface area contributed by atoms with E-state index in [1.165, 1.54) is 0 Å². The smallest absolute Gasteiger partial charge is 0.0988 e. The zero-order valence-electron chi connectivity index (χ0n) is 5.36. The van der Waals surface area contributed by atoms with Gasteiger partial charge in [0.1, 0.15) is 0 Å². The summed E-state index contributed by atoms with van der Waals surface area (Å²) in [7, 11) is 0. The molecule has 0 aliphatic heterocycles. The first kappa shape index (κ1) is 8.25. The maximum atomic E-state index is 10.1. The lowest BCUT2D eigenvalue weighted by atomic mass is 10.1. The summed E-state index contributed by atoms with van der Waals surface area (Å²) in [6, 6.07) is 0. The van der Waals surface area contributed by atoms with Crippen molar-refractivity contribution in [3.63, 3.8) is 0 Å². The number of halogens is 1. The van der Waals surface area contributed by atoms with Gasteiger partial charge in [-0.25, -0.2) is 5.11 Å². The van der Waals surface area contributed by atoms with Gasteiger partial charge in [-0.2, -0.15) is 0 Å². The number of hydrogen-bond donors (Lipinski definition) is 0. The monoisotopic (exact) mass is 135 g/mol. The zero-order valence-corrected chi connectivity index (χ0v) is 6.11. The molecule has 0 heterocycles.